The Morgan fingerprint density at radius 3 is 2.59 bits per heavy atom. The van der Waals surface area contributed by atoms with Gasteiger partial charge >= 0.3 is 5.97 Å². The summed E-state index contributed by atoms with van der Waals surface area (Å²) in [6, 6.07) is 24.5. The van der Waals surface area contributed by atoms with E-state index >= 15 is 0 Å². The third-order valence-electron chi connectivity index (χ3n) is 4.65. The summed E-state index contributed by atoms with van der Waals surface area (Å²) in [7, 11) is 1.35. The normalized spacial score (nSPS) is 10.7. The number of ether oxygens (including phenoxy) is 1. The van der Waals surface area contributed by atoms with E-state index < -0.39 is 0 Å². The molecule has 3 aromatic carbocycles. The second kappa shape index (κ2) is 8.02. The first-order chi connectivity index (χ1) is 14.1. The van der Waals surface area contributed by atoms with Crippen molar-refractivity contribution in [1.29, 1.82) is 0 Å². The summed E-state index contributed by atoms with van der Waals surface area (Å²) in [6.45, 7) is 0. The van der Waals surface area contributed by atoms with Gasteiger partial charge in [0.05, 0.1) is 13.5 Å². The maximum absolute atomic E-state index is 12.6. The van der Waals surface area contributed by atoms with Gasteiger partial charge in [-0.1, -0.05) is 54.6 Å². The molecule has 0 atom stereocenters. The van der Waals surface area contributed by atoms with Crippen LogP contribution in [0.5, 0.6) is 0 Å². The summed E-state index contributed by atoms with van der Waals surface area (Å²) in [5.41, 5.74) is 2.27. The quantitative estimate of drug-likeness (QED) is 0.487. The van der Waals surface area contributed by atoms with E-state index in [0.29, 0.717) is 11.4 Å². The minimum atomic E-state index is -0.355. The Kier molecular flexibility index (Phi) is 5.12. The Labute approximate surface area is 167 Å². The SMILES string of the molecule is COC(=O)Cc1cccc(NC(=O)c2ccc(-c3cccc4ccccc34)o2)c1. The molecule has 1 amide bonds. The van der Waals surface area contributed by atoms with E-state index in [4.69, 9.17) is 4.42 Å². The first-order valence-electron chi connectivity index (χ1n) is 9.19. The second-order valence-corrected chi connectivity index (χ2v) is 6.60. The Hall–Kier alpha value is -3.86. The van der Waals surface area contributed by atoms with E-state index in [0.717, 1.165) is 21.9 Å². The van der Waals surface area contributed by atoms with E-state index in [1.165, 1.54) is 7.11 Å². The average molecular weight is 385 g/mol. The standard InChI is InChI=1S/C24H19NO4/c1-28-23(26)15-16-6-4-9-18(14-16)25-24(27)22-13-12-21(29-22)20-11-5-8-17-7-2-3-10-19(17)20/h2-14H,15H2,1H3,(H,25,27). The molecule has 1 aromatic heterocycles. The van der Waals surface area contributed by atoms with Crippen LogP contribution in [0.1, 0.15) is 16.1 Å². The number of anilines is 1. The second-order valence-electron chi connectivity index (χ2n) is 6.60. The predicted molar refractivity (Wildman–Crippen MR) is 112 cm³/mol. The summed E-state index contributed by atoms with van der Waals surface area (Å²) in [5.74, 6) is 0.156. The molecule has 29 heavy (non-hydrogen) atoms. The summed E-state index contributed by atoms with van der Waals surface area (Å²) in [4.78, 5) is 24.1. The number of carbonyl (C=O) groups excluding carboxylic acids is 2. The lowest BCUT2D eigenvalue weighted by Crippen LogP contribution is -2.11. The van der Waals surface area contributed by atoms with E-state index in [2.05, 4.69) is 10.1 Å². The smallest absolute Gasteiger partial charge is 0.309 e. The Balaban J connectivity index is 1.55. The zero-order valence-corrected chi connectivity index (χ0v) is 15.8. The van der Waals surface area contributed by atoms with Crippen LogP contribution in [0.2, 0.25) is 0 Å². The average Bonchev–Trinajstić information content (AvgIpc) is 3.24. The lowest BCUT2D eigenvalue weighted by molar-refractivity contribution is -0.139. The Morgan fingerprint density at radius 1 is 0.931 bits per heavy atom. The van der Waals surface area contributed by atoms with Gasteiger partial charge in [0.25, 0.3) is 5.91 Å². The molecule has 0 spiro atoms. The third-order valence-corrected chi connectivity index (χ3v) is 4.65. The van der Waals surface area contributed by atoms with Crippen molar-refractivity contribution >= 4 is 28.3 Å². The van der Waals surface area contributed by atoms with Gasteiger partial charge < -0.3 is 14.5 Å². The van der Waals surface area contributed by atoms with E-state index in [9.17, 15) is 9.59 Å². The molecular weight excluding hydrogens is 366 g/mol. The molecule has 144 valence electrons. The van der Waals surface area contributed by atoms with Gasteiger partial charge in [-0.15, -0.1) is 0 Å². The van der Waals surface area contributed by atoms with Crippen LogP contribution < -0.4 is 5.32 Å². The number of methoxy groups -OCH3 is 1. The van der Waals surface area contributed by atoms with Crippen LogP contribution in [0.25, 0.3) is 22.1 Å². The molecule has 0 aliphatic heterocycles. The molecule has 0 fully saturated rings. The molecule has 1 N–H and O–H groups in total. The van der Waals surface area contributed by atoms with Gasteiger partial charge in [-0.25, -0.2) is 0 Å². The summed E-state index contributed by atoms with van der Waals surface area (Å²) in [6.07, 6.45) is 0.145. The van der Waals surface area contributed by atoms with Crippen molar-refractivity contribution in [3.05, 3.63) is 90.2 Å². The molecule has 0 aliphatic carbocycles. The number of hydrogen-bond acceptors (Lipinski definition) is 4. The number of amides is 1. The van der Waals surface area contributed by atoms with E-state index in [-0.39, 0.29) is 24.1 Å². The van der Waals surface area contributed by atoms with Crippen LogP contribution >= 0.6 is 0 Å². The Bertz CT molecular complexity index is 1190. The van der Waals surface area contributed by atoms with Crippen LogP contribution in [-0.4, -0.2) is 19.0 Å². The zero-order chi connectivity index (χ0) is 20.2. The van der Waals surface area contributed by atoms with Gasteiger partial charge in [0.2, 0.25) is 0 Å². The first-order valence-corrected chi connectivity index (χ1v) is 9.19. The summed E-state index contributed by atoms with van der Waals surface area (Å²) < 4.78 is 10.5. The molecule has 4 aromatic rings. The van der Waals surface area contributed by atoms with Gasteiger partial charge in [0, 0.05) is 11.3 Å². The van der Waals surface area contributed by atoms with Gasteiger partial charge in [0.1, 0.15) is 5.76 Å². The third kappa shape index (κ3) is 4.04. The lowest BCUT2D eigenvalue weighted by atomic mass is 10.0. The lowest BCUT2D eigenvalue weighted by Gasteiger charge is -2.06. The van der Waals surface area contributed by atoms with Crippen molar-refractivity contribution in [3.63, 3.8) is 0 Å². The molecular formula is C24H19NO4. The van der Waals surface area contributed by atoms with E-state index in [1.807, 2.05) is 42.5 Å². The Morgan fingerprint density at radius 2 is 1.72 bits per heavy atom. The minimum absolute atomic E-state index is 0.145. The molecule has 0 unspecified atom stereocenters. The number of carbonyl (C=O) groups is 2. The van der Waals surface area contributed by atoms with Crippen LogP contribution in [0.4, 0.5) is 5.69 Å². The van der Waals surface area contributed by atoms with Crippen LogP contribution in [0, 0.1) is 0 Å². The maximum atomic E-state index is 12.6. The number of rotatable bonds is 5. The van der Waals surface area contributed by atoms with Gasteiger partial charge in [-0.3, -0.25) is 9.59 Å². The molecule has 4 rings (SSSR count). The fourth-order valence-corrected chi connectivity index (χ4v) is 3.24. The monoisotopic (exact) mass is 385 g/mol. The molecule has 1 heterocycles. The fourth-order valence-electron chi connectivity index (χ4n) is 3.24. The van der Waals surface area contributed by atoms with Crippen LogP contribution in [0.15, 0.2) is 83.3 Å². The van der Waals surface area contributed by atoms with Gasteiger partial charge in [-0.05, 0) is 40.6 Å². The molecule has 0 bridgehead atoms. The molecule has 0 saturated heterocycles. The number of fused-ring (bicyclic) bond motifs is 1. The maximum Gasteiger partial charge on any atom is 0.309 e. The molecule has 5 nitrogen and oxygen atoms in total. The molecule has 0 saturated carbocycles. The summed E-state index contributed by atoms with van der Waals surface area (Å²) >= 11 is 0. The zero-order valence-electron chi connectivity index (χ0n) is 15.8. The number of nitrogens with one attached hydrogen (secondary N) is 1. The summed E-state index contributed by atoms with van der Waals surface area (Å²) in [5, 5.41) is 4.98. The van der Waals surface area contributed by atoms with Crippen molar-refractivity contribution in [2.75, 3.05) is 12.4 Å². The van der Waals surface area contributed by atoms with Gasteiger partial charge in [-0.2, -0.15) is 0 Å². The van der Waals surface area contributed by atoms with Crippen molar-refractivity contribution in [3.8, 4) is 11.3 Å². The van der Waals surface area contributed by atoms with Crippen molar-refractivity contribution < 1.29 is 18.7 Å². The van der Waals surface area contributed by atoms with Crippen LogP contribution in [0.3, 0.4) is 0 Å². The number of hydrogen-bond donors (Lipinski definition) is 1. The van der Waals surface area contributed by atoms with Crippen LogP contribution in [-0.2, 0) is 16.0 Å². The largest absolute Gasteiger partial charge is 0.469 e. The number of esters is 1. The van der Waals surface area contributed by atoms with Crippen molar-refractivity contribution in [2.24, 2.45) is 0 Å². The first kappa shape index (κ1) is 18.5. The molecule has 0 aliphatic rings. The number of benzene rings is 3. The highest BCUT2D eigenvalue weighted by molar-refractivity contribution is 6.03. The highest BCUT2D eigenvalue weighted by Crippen LogP contribution is 2.30. The van der Waals surface area contributed by atoms with E-state index in [1.54, 1.807) is 36.4 Å². The molecule has 5 heteroatoms. The fraction of sp³-hybridized carbons (Fsp3) is 0.0833. The highest BCUT2D eigenvalue weighted by atomic mass is 16.5. The van der Waals surface area contributed by atoms with Crippen molar-refractivity contribution in [1.82, 2.24) is 0 Å². The topological polar surface area (TPSA) is 68.5 Å². The molecule has 0 radical (unpaired) electrons. The minimum Gasteiger partial charge on any atom is -0.469 e. The van der Waals surface area contributed by atoms with Gasteiger partial charge in [0.15, 0.2) is 5.76 Å². The highest BCUT2D eigenvalue weighted by Gasteiger charge is 2.14. The predicted octanol–water partition coefficient (Wildman–Crippen LogP) is 5.07. The number of furan rings is 1. The van der Waals surface area contributed by atoms with Crippen molar-refractivity contribution in [2.45, 2.75) is 6.42 Å².